The third-order valence-electron chi connectivity index (χ3n) is 2.88. The molecule has 0 aliphatic carbocycles. The summed E-state index contributed by atoms with van der Waals surface area (Å²) < 4.78 is 15.9. The molecule has 108 valence electrons. The second-order valence-electron chi connectivity index (χ2n) is 4.39. The van der Waals surface area contributed by atoms with E-state index in [4.69, 9.17) is 19.9 Å². The van der Waals surface area contributed by atoms with Crippen molar-refractivity contribution in [1.82, 2.24) is 0 Å². The molecule has 0 aliphatic heterocycles. The topological polar surface area (TPSA) is 53.7 Å². The lowest BCUT2D eigenvalue weighted by Gasteiger charge is -2.11. The first-order valence-corrected chi connectivity index (χ1v) is 6.83. The summed E-state index contributed by atoms with van der Waals surface area (Å²) >= 11 is 0. The SMILES string of the molecule is CC[C@H](N)c1ccc(OCCCOCCOC)cc1. The molecule has 2 N–H and O–H groups in total. The van der Waals surface area contributed by atoms with Gasteiger partial charge in [-0.2, -0.15) is 0 Å². The number of ether oxygens (including phenoxy) is 3. The Kier molecular flexibility index (Phi) is 8.21. The van der Waals surface area contributed by atoms with Gasteiger partial charge >= 0.3 is 0 Å². The summed E-state index contributed by atoms with van der Waals surface area (Å²) in [6.45, 7) is 4.72. The van der Waals surface area contributed by atoms with Crippen LogP contribution in [-0.2, 0) is 9.47 Å². The van der Waals surface area contributed by atoms with E-state index in [0.717, 1.165) is 24.2 Å². The minimum atomic E-state index is 0.114. The average Bonchev–Trinajstić information content (AvgIpc) is 2.46. The van der Waals surface area contributed by atoms with Crippen LogP contribution < -0.4 is 10.5 Å². The van der Waals surface area contributed by atoms with Crippen LogP contribution in [0.4, 0.5) is 0 Å². The molecule has 1 rings (SSSR count). The lowest BCUT2D eigenvalue weighted by Crippen LogP contribution is -2.08. The first-order chi connectivity index (χ1) is 9.27. The van der Waals surface area contributed by atoms with Gasteiger partial charge in [0.25, 0.3) is 0 Å². The fraction of sp³-hybridized carbons (Fsp3) is 0.600. The minimum absolute atomic E-state index is 0.114. The number of methoxy groups -OCH3 is 1. The molecule has 0 saturated carbocycles. The van der Waals surface area contributed by atoms with Crippen molar-refractivity contribution >= 4 is 0 Å². The van der Waals surface area contributed by atoms with Crippen LogP contribution in [0.15, 0.2) is 24.3 Å². The summed E-state index contributed by atoms with van der Waals surface area (Å²) in [7, 11) is 1.67. The predicted octanol–water partition coefficient (Wildman–Crippen LogP) is 2.53. The van der Waals surface area contributed by atoms with E-state index < -0.39 is 0 Å². The van der Waals surface area contributed by atoms with Crippen LogP contribution in [0.5, 0.6) is 5.75 Å². The van der Waals surface area contributed by atoms with Gasteiger partial charge in [0.15, 0.2) is 0 Å². The highest BCUT2D eigenvalue weighted by Crippen LogP contribution is 2.18. The minimum Gasteiger partial charge on any atom is -0.494 e. The van der Waals surface area contributed by atoms with Gasteiger partial charge in [0.05, 0.1) is 19.8 Å². The Bertz CT molecular complexity index is 327. The molecule has 1 aromatic rings. The number of benzene rings is 1. The first kappa shape index (κ1) is 16.0. The summed E-state index contributed by atoms with van der Waals surface area (Å²) in [6, 6.07) is 8.10. The summed E-state index contributed by atoms with van der Waals surface area (Å²) in [5, 5.41) is 0. The number of hydrogen-bond acceptors (Lipinski definition) is 4. The molecule has 4 heteroatoms. The molecule has 0 unspecified atom stereocenters. The Morgan fingerprint density at radius 1 is 1.05 bits per heavy atom. The Balaban J connectivity index is 2.16. The van der Waals surface area contributed by atoms with Gasteiger partial charge in [0.1, 0.15) is 5.75 Å². The number of rotatable bonds is 10. The zero-order chi connectivity index (χ0) is 13.9. The maximum atomic E-state index is 5.96. The van der Waals surface area contributed by atoms with Crippen molar-refractivity contribution in [2.45, 2.75) is 25.8 Å². The molecule has 0 amide bonds. The van der Waals surface area contributed by atoms with Crippen LogP contribution in [0.2, 0.25) is 0 Å². The third kappa shape index (κ3) is 6.57. The molecule has 0 aromatic heterocycles. The van der Waals surface area contributed by atoms with Crippen LogP contribution in [0.3, 0.4) is 0 Å². The van der Waals surface area contributed by atoms with E-state index in [1.165, 1.54) is 0 Å². The van der Waals surface area contributed by atoms with Crippen molar-refractivity contribution in [2.75, 3.05) is 33.5 Å². The van der Waals surface area contributed by atoms with Crippen molar-refractivity contribution < 1.29 is 14.2 Å². The highest BCUT2D eigenvalue weighted by molar-refractivity contribution is 5.28. The van der Waals surface area contributed by atoms with E-state index in [1.807, 2.05) is 24.3 Å². The van der Waals surface area contributed by atoms with Crippen LogP contribution >= 0.6 is 0 Å². The standard InChI is InChI=1S/C15H25NO3/c1-3-15(16)13-5-7-14(8-6-13)19-10-4-9-18-12-11-17-2/h5-8,15H,3-4,9-12,16H2,1-2H3/t15-/m0/s1. The van der Waals surface area contributed by atoms with Gasteiger partial charge in [0, 0.05) is 26.2 Å². The molecule has 0 spiro atoms. The molecule has 0 saturated heterocycles. The predicted molar refractivity (Wildman–Crippen MR) is 76.5 cm³/mol. The van der Waals surface area contributed by atoms with Crippen molar-refractivity contribution in [3.8, 4) is 5.75 Å². The molecule has 4 nitrogen and oxygen atoms in total. The molecule has 0 aliphatic rings. The van der Waals surface area contributed by atoms with Gasteiger partial charge in [-0.1, -0.05) is 19.1 Å². The molecular formula is C15H25NO3. The largest absolute Gasteiger partial charge is 0.494 e. The monoisotopic (exact) mass is 267 g/mol. The quantitative estimate of drug-likeness (QED) is 0.662. The lowest BCUT2D eigenvalue weighted by molar-refractivity contribution is 0.0644. The summed E-state index contributed by atoms with van der Waals surface area (Å²) in [5.74, 6) is 0.879. The second kappa shape index (κ2) is 9.78. The number of nitrogens with two attached hydrogens (primary N) is 1. The molecule has 19 heavy (non-hydrogen) atoms. The highest BCUT2D eigenvalue weighted by atomic mass is 16.5. The van der Waals surface area contributed by atoms with E-state index in [9.17, 15) is 0 Å². The van der Waals surface area contributed by atoms with Crippen LogP contribution in [0.25, 0.3) is 0 Å². The van der Waals surface area contributed by atoms with Crippen LogP contribution in [-0.4, -0.2) is 33.5 Å². The van der Waals surface area contributed by atoms with Crippen molar-refractivity contribution in [2.24, 2.45) is 5.73 Å². The summed E-state index contributed by atoms with van der Waals surface area (Å²) in [4.78, 5) is 0. The van der Waals surface area contributed by atoms with Gasteiger partial charge in [-0.3, -0.25) is 0 Å². The maximum Gasteiger partial charge on any atom is 0.119 e. The van der Waals surface area contributed by atoms with Crippen LogP contribution in [0.1, 0.15) is 31.4 Å². The Hall–Kier alpha value is -1.10. The van der Waals surface area contributed by atoms with E-state index in [1.54, 1.807) is 7.11 Å². The zero-order valence-electron chi connectivity index (χ0n) is 11.9. The summed E-state index contributed by atoms with van der Waals surface area (Å²) in [6.07, 6.45) is 1.82. The smallest absolute Gasteiger partial charge is 0.119 e. The lowest BCUT2D eigenvalue weighted by atomic mass is 10.1. The van der Waals surface area contributed by atoms with Crippen molar-refractivity contribution in [3.05, 3.63) is 29.8 Å². The van der Waals surface area contributed by atoms with E-state index in [2.05, 4.69) is 6.92 Å². The van der Waals surface area contributed by atoms with Crippen molar-refractivity contribution in [3.63, 3.8) is 0 Å². The van der Waals surface area contributed by atoms with Crippen molar-refractivity contribution in [1.29, 1.82) is 0 Å². The number of hydrogen-bond donors (Lipinski definition) is 1. The maximum absolute atomic E-state index is 5.96. The molecule has 0 bridgehead atoms. The van der Waals surface area contributed by atoms with Gasteiger partial charge in [0.2, 0.25) is 0 Å². The Morgan fingerprint density at radius 2 is 1.79 bits per heavy atom. The molecule has 1 atom stereocenters. The normalized spacial score (nSPS) is 12.4. The van der Waals surface area contributed by atoms with Crippen LogP contribution in [0, 0.1) is 0 Å². The van der Waals surface area contributed by atoms with Gasteiger partial charge < -0.3 is 19.9 Å². The third-order valence-corrected chi connectivity index (χ3v) is 2.88. The Labute approximate surface area is 115 Å². The molecule has 0 fully saturated rings. The molecular weight excluding hydrogens is 242 g/mol. The van der Waals surface area contributed by atoms with E-state index >= 15 is 0 Å². The van der Waals surface area contributed by atoms with Gasteiger partial charge in [-0.15, -0.1) is 0 Å². The van der Waals surface area contributed by atoms with Gasteiger partial charge in [-0.25, -0.2) is 0 Å². The fourth-order valence-corrected chi connectivity index (χ4v) is 1.64. The van der Waals surface area contributed by atoms with E-state index in [-0.39, 0.29) is 6.04 Å². The Morgan fingerprint density at radius 3 is 2.42 bits per heavy atom. The fourth-order valence-electron chi connectivity index (χ4n) is 1.64. The highest BCUT2D eigenvalue weighted by Gasteiger charge is 2.02. The first-order valence-electron chi connectivity index (χ1n) is 6.83. The molecule has 1 aromatic carbocycles. The molecule has 0 radical (unpaired) electrons. The van der Waals surface area contributed by atoms with Gasteiger partial charge in [-0.05, 0) is 24.1 Å². The van der Waals surface area contributed by atoms with E-state index in [0.29, 0.717) is 26.4 Å². The zero-order valence-corrected chi connectivity index (χ0v) is 11.9. The second-order valence-corrected chi connectivity index (χ2v) is 4.39. The summed E-state index contributed by atoms with van der Waals surface area (Å²) in [5.41, 5.74) is 7.11. The average molecular weight is 267 g/mol. The molecule has 0 heterocycles.